The van der Waals surface area contributed by atoms with Crippen LogP contribution in [0.4, 0.5) is 5.69 Å². The molecule has 0 aliphatic heterocycles. The van der Waals surface area contributed by atoms with Gasteiger partial charge in [0.15, 0.2) is 5.82 Å². The average molecular weight is 259 g/mol. The molecule has 0 radical (unpaired) electrons. The van der Waals surface area contributed by atoms with Crippen molar-refractivity contribution in [3.8, 4) is 0 Å². The number of nitrogens with zero attached hydrogens (tertiary/aromatic N) is 3. The largest absolute Gasteiger partial charge is 0.399 e. The molecule has 0 aliphatic carbocycles. The Morgan fingerprint density at radius 2 is 2.21 bits per heavy atom. The summed E-state index contributed by atoms with van der Waals surface area (Å²) in [6.45, 7) is 0.388. The van der Waals surface area contributed by atoms with Crippen molar-refractivity contribution in [3.63, 3.8) is 0 Å². The molecule has 0 bridgehead atoms. The standard InChI is InChI=1S/C13H17N5O/c1-18-9-16-17-12(18)8-15-13(19)7-6-10-4-2-3-5-11(10)14/h2-5,9H,6-8,14H2,1H3,(H,15,19). The van der Waals surface area contributed by atoms with Gasteiger partial charge >= 0.3 is 0 Å². The summed E-state index contributed by atoms with van der Waals surface area (Å²) in [5.74, 6) is 0.707. The molecule has 2 rings (SSSR count). The Balaban J connectivity index is 1.79. The normalized spacial score (nSPS) is 10.4. The zero-order valence-electron chi connectivity index (χ0n) is 10.8. The molecule has 1 aromatic heterocycles. The van der Waals surface area contributed by atoms with Gasteiger partial charge in [0.05, 0.1) is 6.54 Å². The van der Waals surface area contributed by atoms with Gasteiger partial charge in [0.25, 0.3) is 0 Å². The van der Waals surface area contributed by atoms with E-state index in [1.807, 2.05) is 31.3 Å². The molecule has 0 saturated heterocycles. The Hall–Kier alpha value is -2.37. The maximum Gasteiger partial charge on any atom is 0.220 e. The Labute approximate surface area is 111 Å². The zero-order chi connectivity index (χ0) is 13.7. The van der Waals surface area contributed by atoms with Crippen LogP contribution in [-0.2, 0) is 24.8 Å². The maximum absolute atomic E-state index is 11.7. The summed E-state index contributed by atoms with van der Waals surface area (Å²) in [6, 6.07) is 7.58. The average Bonchev–Trinajstić information content (AvgIpc) is 2.81. The topological polar surface area (TPSA) is 85.8 Å². The molecule has 1 heterocycles. The van der Waals surface area contributed by atoms with Crippen molar-refractivity contribution in [2.75, 3.05) is 5.73 Å². The second-order valence-electron chi connectivity index (χ2n) is 4.33. The Kier molecular flexibility index (Phi) is 4.12. The lowest BCUT2D eigenvalue weighted by Crippen LogP contribution is -2.24. The van der Waals surface area contributed by atoms with Crippen molar-refractivity contribution < 1.29 is 4.79 Å². The van der Waals surface area contributed by atoms with E-state index in [0.29, 0.717) is 19.4 Å². The van der Waals surface area contributed by atoms with Gasteiger partial charge in [-0.15, -0.1) is 10.2 Å². The minimum atomic E-state index is -0.0220. The van der Waals surface area contributed by atoms with E-state index in [-0.39, 0.29) is 5.91 Å². The predicted octanol–water partition coefficient (Wildman–Crippen LogP) is 0.646. The summed E-state index contributed by atoms with van der Waals surface area (Å²) in [5, 5.41) is 10.5. The number of carbonyl (C=O) groups is 1. The van der Waals surface area contributed by atoms with Crippen LogP contribution in [-0.4, -0.2) is 20.7 Å². The smallest absolute Gasteiger partial charge is 0.220 e. The number of para-hydroxylation sites is 1. The molecule has 3 N–H and O–H groups in total. The van der Waals surface area contributed by atoms with Gasteiger partial charge in [-0.2, -0.15) is 0 Å². The van der Waals surface area contributed by atoms with E-state index in [9.17, 15) is 4.79 Å². The Bertz CT molecular complexity index is 564. The highest BCUT2D eigenvalue weighted by molar-refractivity contribution is 5.76. The molecule has 0 spiro atoms. The number of aromatic nitrogens is 3. The number of aryl methyl sites for hydroxylation is 2. The molecule has 0 saturated carbocycles. The lowest BCUT2D eigenvalue weighted by atomic mass is 10.1. The molecule has 0 fully saturated rings. The number of carbonyl (C=O) groups excluding carboxylic acids is 1. The number of anilines is 1. The SMILES string of the molecule is Cn1cnnc1CNC(=O)CCc1ccccc1N. The molecule has 19 heavy (non-hydrogen) atoms. The fraction of sp³-hybridized carbons (Fsp3) is 0.308. The Morgan fingerprint density at radius 1 is 1.42 bits per heavy atom. The number of hydrogen-bond donors (Lipinski definition) is 2. The van der Waals surface area contributed by atoms with Crippen LogP contribution in [0.2, 0.25) is 0 Å². The van der Waals surface area contributed by atoms with Crippen LogP contribution in [0.25, 0.3) is 0 Å². The van der Waals surface area contributed by atoms with E-state index >= 15 is 0 Å². The first-order chi connectivity index (χ1) is 9.16. The van der Waals surface area contributed by atoms with Gasteiger partial charge in [0.2, 0.25) is 5.91 Å². The monoisotopic (exact) mass is 259 g/mol. The van der Waals surface area contributed by atoms with Crippen molar-refractivity contribution in [2.24, 2.45) is 7.05 Å². The van der Waals surface area contributed by atoms with Crippen molar-refractivity contribution >= 4 is 11.6 Å². The summed E-state index contributed by atoms with van der Waals surface area (Å²) < 4.78 is 1.77. The second kappa shape index (κ2) is 5.99. The van der Waals surface area contributed by atoms with Crippen LogP contribution in [0.15, 0.2) is 30.6 Å². The Morgan fingerprint density at radius 3 is 2.89 bits per heavy atom. The first-order valence-corrected chi connectivity index (χ1v) is 6.10. The van der Waals surface area contributed by atoms with E-state index in [0.717, 1.165) is 17.1 Å². The molecule has 100 valence electrons. The first kappa shape index (κ1) is 13.1. The number of hydrogen-bond acceptors (Lipinski definition) is 4. The van der Waals surface area contributed by atoms with Gasteiger partial charge in [-0.3, -0.25) is 4.79 Å². The third kappa shape index (κ3) is 3.54. The zero-order valence-corrected chi connectivity index (χ0v) is 10.8. The third-order valence-electron chi connectivity index (χ3n) is 2.93. The lowest BCUT2D eigenvalue weighted by molar-refractivity contribution is -0.121. The van der Waals surface area contributed by atoms with Crippen LogP contribution < -0.4 is 11.1 Å². The van der Waals surface area contributed by atoms with E-state index in [1.165, 1.54) is 0 Å². The third-order valence-corrected chi connectivity index (χ3v) is 2.93. The van der Waals surface area contributed by atoms with Crippen molar-refractivity contribution in [1.29, 1.82) is 0 Å². The van der Waals surface area contributed by atoms with Crippen LogP contribution in [0.1, 0.15) is 17.8 Å². The lowest BCUT2D eigenvalue weighted by Gasteiger charge is -2.06. The van der Waals surface area contributed by atoms with Crippen LogP contribution in [0, 0.1) is 0 Å². The van der Waals surface area contributed by atoms with E-state index in [4.69, 9.17) is 5.73 Å². The summed E-state index contributed by atoms with van der Waals surface area (Å²) >= 11 is 0. The number of nitrogen functional groups attached to an aromatic ring is 1. The molecule has 1 aromatic carbocycles. The highest BCUT2D eigenvalue weighted by atomic mass is 16.1. The first-order valence-electron chi connectivity index (χ1n) is 6.10. The molecule has 0 unspecified atom stereocenters. The van der Waals surface area contributed by atoms with Crippen LogP contribution >= 0.6 is 0 Å². The number of nitrogens with one attached hydrogen (secondary N) is 1. The summed E-state index contributed by atoms with van der Waals surface area (Å²) in [7, 11) is 1.84. The van der Waals surface area contributed by atoms with Gasteiger partial charge in [-0.1, -0.05) is 18.2 Å². The van der Waals surface area contributed by atoms with E-state index in [1.54, 1.807) is 10.9 Å². The van der Waals surface area contributed by atoms with Gasteiger partial charge in [0.1, 0.15) is 6.33 Å². The van der Waals surface area contributed by atoms with Crippen LogP contribution in [0.5, 0.6) is 0 Å². The summed E-state index contributed by atoms with van der Waals surface area (Å²) in [4.78, 5) is 11.7. The van der Waals surface area contributed by atoms with Gasteiger partial charge in [-0.05, 0) is 18.1 Å². The fourth-order valence-electron chi connectivity index (χ4n) is 1.74. The van der Waals surface area contributed by atoms with E-state index in [2.05, 4.69) is 15.5 Å². The highest BCUT2D eigenvalue weighted by Gasteiger charge is 2.06. The molecular formula is C13H17N5O. The molecule has 0 atom stereocenters. The summed E-state index contributed by atoms with van der Waals surface area (Å²) in [6.07, 6.45) is 2.65. The molecule has 0 aliphatic rings. The van der Waals surface area contributed by atoms with Crippen molar-refractivity contribution in [3.05, 3.63) is 42.0 Å². The maximum atomic E-state index is 11.7. The molecule has 6 heteroatoms. The molecule has 2 aromatic rings. The molecule has 6 nitrogen and oxygen atoms in total. The highest BCUT2D eigenvalue weighted by Crippen LogP contribution is 2.12. The van der Waals surface area contributed by atoms with Crippen molar-refractivity contribution in [2.45, 2.75) is 19.4 Å². The van der Waals surface area contributed by atoms with Gasteiger partial charge in [-0.25, -0.2) is 0 Å². The molecular weight excluding hydrogens is 242 g/mol. The van der Waals surface area contributed by atoms with Crippen LogP contribution in [0.3, 0.4) is 0 Å². The number of benzene rings is 1. The fourth-order valence-corrected chi connectivity index (χ4v) is 1.74. The number of amides is 1. The summed E-state index contributed by atoms with van der Waals surface area (Å²) in [5.41, 5.74) is 7.55. The van der Waals surface area contributed by atoms with E-state index < -0.39 is 0 Å². The predicted molar refractivity (Wildman–Crippen MR) is 72.0 cm³/mol. The molecule has 1 amide bonds. The minimum absolute atomic E-state index is 0.0220. The quantitative estimate of drug-likeness (QED) is 0.772. The number of rotatable bonds is 5. The van der Waals surface area contributed by atoms with Gasteiger partial charge < -0.3 is 15.6 Å². The minimum Gasteiger partial charge on any atom is -0.399 e. The van der Waals surface area contributed by atoms with Gasteiger partial charge in [0, 0.05) is 19.2 Å². The number of nitrogens with two attached hydrogens (primary N) is 1. The van der Waals surface area contributed by atoms with Crippen molar-refractivity contribution in [1.82, 2.24) is 20.1 Å². The second-order valence-corrected chi connectivity index (χ2v) is 4.33.